The molecule has 0 amide bonds. The van der Waals surface area contributed by atoms with E-state index in [1.54, 1.807) is 18.2 Å². The Kier molecular flexibility index (Phi) is 3.57. The van der Waals surface area contributed by atoms with E-state index in [1.165, 1.54) is 0 Å². The normalized spacial score (nSPS) is 10.6. The van der Waals surface area contributed by atoms with E-state index >= 15 is 0 Å². The van der Waals surface area contributed by atoms with Crippen molar-refractivity contribution in [3.63, 3.8) is 0 Å². The molecule has 0 aliphatic heterocycles. The third-order valence-corrected chi connectivity index (χ3v) is 3.35. The second kappa shape index (κ2) is 4.98. The topological polar surface area (TPSA) is 56.2 Å². The van der Waals surface area contributed by atoms with Crippen molar-refractivity contribution in [1.29, 1.82) is 0 Å². The summed E-state index contributed by atoms with van der Waals surface area (Å²) < 4.78 is 6.27. The molecule has 94 valence electrons. The van der Waals surface area contributed by atoms with Crippen LogP contribution in [0.4, 0.5) is 5.69 Å². The number of carbonyl (C=O) groups is 1. The fourth-order valence-electron chi connectivity index (χ4n) is 1.76. The van der Waals surface area contributed by atoms with Gasteiger partial charge in [0, 0.05) is 22.1 Å². The maximum absolute atomic E-state index is 12.3. The Morgan fingerprint density at radius 2 is 2.11 bits per heavy atom. The maximum Gasteiger partial charge on any atom is 0.228 e. The molecule has 0 atom stereocenters. The van der Waals surface area contributed by atoms with Crippen LogP contribution >= 0.6 is 15.9 Å². The number of nitrogen functional groups attached to an aromatic ring is 1. The Labute approximate surface area is 114 Å². The van der Waals surface area contributed by atoms with Gasteiger partial charge in [0.15, 0.2) is 5.76 Å². The fourth-order valence-corrected chi connectivity index (χ4v) is 2.23. The number of anilines is 1. The second-order valence-electron chi connectivity index (χ2n) is 4.12. The Morgan fingerprint density at radius 1 is 1.39 bits per heavy atom. The quantitative estimate of drug-likeness (QED) is 0.694. The molecule has 0 aliphatic rings. The lowest BCUT2D eigenvalue weighted by atomic mass is 10.0. The monoisotopic (exact) mass is 307 g/mol. The number of aryl methyl sites for hydroxylation is 1. The maximum atomic E-state index is 12.3. The number of ketones is 1. The van der Waals surface area contributed by atoms with E-state index < -0.39 is 0 Å². The van der Waals surface area contributed by atoms with Gasteiger partial charge in [-0.05, 0) is 36.8 Å². The molecule has 4 heteroatoms. The molecule has 1 aromatic heterocycles. The molecule has 18 heavy (non-hydrogen) atoms. The predicted molar refractivity (Wildman–Crippen MR) is 74.8 cm³/mol. The standard InChI is InChI=1S/C14H14BrNO2/c1-3-10-4-5-13(18-10)14(17)11-6-9(15)7-12(16)8(11)2/h4-7H,3,16H2,1-2H3. The first-order valence-electron chi connectivity index (χ1n) is 5.72. The number of hydrogen-bond acceptors (Lipinski definition) is 3. The lowest BCUT2D eigenvalue weighted by Crippen LogP contribution is -2.05. The molecule has 0 aliphatic carbocycles. The van der Waals surface area contributed by atoms with Gasteiger partial charge in [0.2, 0.25) is 5.78 Å². The van der Waals surface area contributed by atoms with Crippen LogP contribution < -0.4 is 5.73 Å². The molecule has 2 rings (SSSR count). The van der Waals surface area contributed by atoms with E-state index in [9.17, 15) is 4.79 Å². The van der Waals surface area contributed by atoms with Crippen molar-refractivity contribution in [3.8, 4) is 0 Å². The third-order valence-electron chi connectivity index (χ3n) is 2.89. The van der Waals surface area contributed by atoms with E-state index in [-0.39, 0.29) is 5.78 Å². The molecule has 2 N–H and O–H groups in total. The van der Waals surface area contributed by atoms with Crippen molar-refractivity contribution >= 4 is 27.4 Å². The number of nitrogens with two attached hydrogens (primary N) is 1. The lowest BCUT2D eigenvalue weighted by molar-refractivity contribution is 0.101. The van der Waals surface area contributed by atoms with Crippen molar-refractivity contribution in [1.82, 2.24) is 0 Å². The van der Waals surface area contributed by atoms with Crippen molar-refractivity contribution in [2.24, 2.45) is 0 Å². The fraction of sp³-hybridized carbons (Fsp3) is 0.214. The van der Waals surface area contributed by atoms with Crippen LogP contribution in [0.1, 0.15) is 34.4 Å². The van der Waals surface area contributed by atoms with Gasteiger partial charge in [0.25, 0.3) is 0 Å². The first-order chi connectivity index (χ1) is 8.52. The van der Waals surface area contributed by atoms with Crippen LogP contribution in [-0.2, 0) is 6.42 Å². The highest BCUT2D eigenvalue weighted by atomic mass is 79.9. The summed E-state index contributed by atoms with van der Waals surface area (Å²) in [5, 5.41) is 0. The Bertz CT molecular complexity index is 602. The van der Waals surface area contributed by atoms with Gasteiger partial charge in [-0.2, -0.15) is 0 Å². The number of hydrogen-bond donors (Lipinski definition) is 1. The smallest absolute Gasteiger partial charge is 0.228 e. The van der Waals surface area contributed by atoms with Crippen LogP contribution in [-0.4, -0.2) is 5.78 Å². The van der Waals surface area contributed by atoms with Crippen LogP contribution in [0.5, 0.6) is 0 Å². The van der Waals surface area contributed by atoms with E-state index in [4.69, 9.17) is 10.2 Å². The van der Waals surface area contributed by atoms with Crippen molar-refractivity contribution in [2.75, 3.05) is 5.73 Å². The first-order valence-corrected chi connectivity index (χ1v) is 6.51. The number of carbonyl (C=O) groups excluding carboxylic acids is 1. The van der Waals surface area contributed by atoms with Gasteiger partial charge >= 0.3 is 0 Å². The van der Waals surface area contributed by atoms with Gasteiger partial charge in [-0.15, -0.1) is 0 Å². The van der Waals surface area contributed by atoms with Crippen LogP contribution in [0.25, 0.3) is 0 Å². The molecular formula is C14H14BrNO2. The minimum atomic E-state index is -0.139. The number of rotatable bonds is 3. The average Bonchev–Trinajstić information content (AvgIpc) is 2.81. The molecule has 0 bridgehead atoms. The van der Waals surface area contributed by atoms with Crippen LogP contribution in [0.15, 0.2) is 33.2 Å². The predicted octanol–water partition coefficient (Wildman–Crippen LogP) is 3.73. The lowest BCUT2D eigenvalue weighted by Gasteiger charge is -2.07. The molecule has 0 unspecified atom stereocenters. The molecule has 0 spiro atoms. The van der Waals surface area contributed by atoms with Crippen LogP contribution in [0.3, 0.4) is 0 Å². The molecule has 3 nitrogen and oxygen atoms in total. The number of halogens is 1. The number of benzene rings is 1. The molecule has 1 heterocycles. The summed E-state index contributed by atoms with van der Waals surface area (Å²) in [4.78, 5) is 12.3. The third kappa shape index (κ3) is 2.34. The molecular weight excluding hydrogens is 294 g/mol. The van der Waals surface area contributed by atoms with Crippen molar-refractivity contribution in [2.45, 2.75) is 20.3 Å². The van der Waals surface area contributed by atoms with Crippen molar-refractivity contribution in [3.05, 3.63) is 51.4 Å². The van der Waals surface area contributed by atoms with Crippen LogP contribution in [0.2, 0.25) is 0 Å². The average molecular weight is 308 g/mol. The van der Waals surface area contributed by atoms with Gasteiger partial charge in [0.05, 0.1) is 0 Å². The summed E-state index contributed by atoms with van der Waals surface area (Å²) in [5.41, 5.74) is 7.79. The summed E-state index contributed by atoms with van der Waals surface area (Å²) >= 11 is 3.34. The Hall–Kier alpha value is -1.55. The highest BCUT2D eigenvalue weighted by molar-refractivity contribution is 9.10. The molecule has 1 aromatic carbocycles. The first kappa shape index (κ1) is 12.9. The molecule has 0 saturated heterocycles. The van der Waals surface area contributed by atoms with E-state index in [0.29, 0.717) is 17.0 Å². The Balaban J connectivity index is 2.45. The minimum absolute atomic E-state index is 0.139. The SMILES string of the molecule is CCc1ccc(C(=O)c2cc(Br)cc(N)c2C)o1. The van der Waals surface area contributed by atoms with E-state index in [1.807, 2.05) is 19.9 Å². The van der Waals surface area contributed by atoms with Crippen LogP contribution in [0, 0.1) is 6.92 Å². The molecule has 2 aromatic rings. The molecule has 0 saturated carbocycles. The summed E-state index contributed by atoms with van der Waals surface area (Å²) in [5.74, 6) is 1.02. The Morgan fingerprint density at radius 3 is 2.72 bits per heavy atom. The van der Waals surface area contributed by atoms with Gasteiger partial charge in [-0.1, -0.05) is 22.9 Å². The zero-order valence-corrected chi connectivity index (χ0v) is 11.9. The van der Waals surface area contributed by atoms with Gasteiger partial charge in [-0.25, -0.2) is 0 Å². The number of furan rings is 1. The second-order valence-corrected chi connectivity index (χ2v) is 5.03. The highest BCUT2D eigenvalue weighted by Crippen LogP contribution is 2.25. The summed E-state index contributed by atoms with van der Waals surface area (Å²) in [6, 6.07) is 7.08. The van der Waals surface area contributed by atoms with Crippen molar-refractivity contribution < 1.29 is 9.21 Å². The summed E-state index contributed by atoms with van der Waals surface area (Å²) in [7, 11) is 0. The summed E-state index contributed by atoms with van der Waals surface area (Å²) in [6.45, 7) is 3.81. The molecule has 0 radical (unpaired) electrons. The highest BCUT2D eigenvalue weighted by Gasteiger charge is 2.17. The zero-order chi connectivity index (χ0) is 13.3. The largest absolute Gasteiger partial charge is 0.458 e. The van der Waals surface area contributed by atoms with E-state index in [2.05, 4.69) is 15.9 Å². The van der Waals surface area contributed by atoms with Gasteiger partial charge in [-0.3, -0.25) is 4.79 Å². The molecule has 0 fully saturated rings. The van der Waals surface area contributed by atoms with E-state index in [0.717, 1.165) is 22.2 Å². The minimum Gasteiger partial charge on any atom is -0.458 e. The van der Waals surface area contributed by atoms with Gasteiger partial charge < -0.3 is 10.2 Å². The summed E-state index contributed by atoms with van der Waals surface area (Å²) in [6.07, 6.45) is 0.771. The van der Waals surface area contributed by atoms with Gasteiger partial charge in [0.1, 0.15) is 5.76 Å². The zero-order valence-electron chi connectivity index (χ0n) is 10.3.